The van der Waals surface area contributed by atoms with Crippen LogP contribution in [0.3, 0.4) is 0 Å². The Kier molecular flexibility index (Phi) is 2.11. The average Bonchev–Trinajstić information content (AvgIpc) is 2.17. The van der Waals surface area contributed by atoms with E-state index in [2.05, 4.69) is 9.98 Å². The van der Waals surface area contributed by atoms with Crippen molar-refractivity contribution in [3.05, 3.63) is 34.5 Å². The van der Waals surface area contributed by atoms with Crippen LogP contribution in [0.2, 0.25) is 0 Å². The summed E-state index contributed by atoms with van der Waals surface area (Å²) < 4.78 is 37.5. The zero-order chi connectivity index (χ0) is 11.9. The maximum Gasteiger partial charge on any atom is 0.543 e. The minimum atomic E-state index is -4.63. The van der Waals surface area contributed by atoms with E-state index in [0.717, 1.165) is 12.1 Å². The first-order valence-corrected chi connectivity index (χ1v) is 4.11. The molecule has 1 aromatic rings. The minimum Gasteiger partial charge on any atom is -0.255 e. The van der Waals surface area contributed by atoms with Gasteiger partial charge in [0.15, 0.2) is 5.36 Å². The van der Waals surface area contributed by atoms with Crippen molar-refractivity contribution >= 4 is 11.8 Å². The molecule has 0 aromatic heterocycles. The van der Waals surface area contributed by atoms with Gasteiger partial charge in [-0.3, -0.25) is 4.79 Å². The topological polar surface area (TPSA) is 60.6 Å². The monoisotopic (exact) mass is 228 g/mol. The highest BCUT2D eigenvalue weighted by molar-refractivity contribution is 6.35. The van der Waals surface area contributed by atoms with Gasteiger partial charge in [-0.25, -0.2) is 4.79 Å². The normalized spacial score (nSPS) is 15.2. The Balaban J connectivity index is 2.86. The van der Waals surface area contributed by atoms with Gasteiger partial charge in [-0.05, 0) is 6.07 Å². The Hall–Kier alpha value is -2.05. The fourth-order valence-electron chi connectivity index (χ4n) is 1.27. The second kappa shape index (κ2) is 3.22. The Bertz CT molecular complexity index is 604. The lowest BCUT2D eigenvalue weighted by Gasteiger charge is -2.04. The number of halogens is 3. The fraction of sp³-hybridized carbons (Fsp3) is 0.111. The molecular formula is C9H3F3N2O2+. The second-order valence-corrected chi connectivity index (χ2v) is 3.00. The van der Waals surface area contributed by atoms with Crippen molar-refractivity contribution in [1.29, 1.82) is 0 Å². The van der Waals surface area contributed by atoms with Crippen molar-refractivity contribution in [2.45, 2.75) is 6.18 Å². The van der Waals surface area contributed by atoms with Gasteiger partial charge in [0.1, 0.15) is 4.99 Å². The molecule has 1 aromatic carbocycles. The SMILES string of the molecule is O=C1N=c2c(C(F)(F)F)cccc2=[N+]C1=O. The first kappa shape index (κ1) is 10.5. The van der Waals surface area contributed by atoms with Crippen LogP contribution in [0.5, 0.6) is 0 Å². The predicted molar refractivity (Wildman–Crippen MR) is 43.5 cm³/mol. The number of nitrogens with zero attached hydrogens (tertiary/aromatic N) is 2. The third-order valence-corrected chi connectivity index (χ3v) is 1.94. The van der Waals surface area contributed by atoms with E-state index in [-0.39, 0.29) is 5.36 Å². The molecule has 0 unspecified atom stereocenters. The molecule has 81 valence electrons. The van der Waals surface area contributed by atoms with Crippen LogP contribution in [-0.4, -0.2) is 11.8 Å². The summed E-state index contributed by atoms with van der Waals surface area (Å²) >= 11 is 0. The smallest absolute Gasteiger partial charge is 0.255 e. The summed E-state index contributed by atoms with van der Waals surface area (Å²) in [6.07, 6.45) is -4.63. The number of carbonyl (C=O) groups is 2. The van der Waals surface area contributed by atoms with Crippen LogP contribution in [0.25, 0.3) is 0 Å². The maximum absolute atomic E-state index is 12.5. The van der Waals surface area contributed by atoms with Crippen LogP contribution in [0.1, 0.15) is 5.56 Å². The molecule has 2 rings (SSSR count). The zero-order valence-electron chi connectivity index (χ0n) is 7.58. The predicted octanol–water partition coefficient (Wildman–Crippen LogP) is -0.653. The van der Waals surface area contributed by atoms with Gasteiger partial charge < -0.3 is 0 Å². The zero-order valence-corrected chi connectivity index (χ0v) is 7.58. The van der Waals surface area contributed by atoms with Gasteiger partial charge in [0.2, 0.25) is 0 Å². The van der Waals surface area contributed by atoms with E-state index in [4.69, 9.17) is 0 Å². The number of alkyl halides is 3. The second-order valence-electron chi connectivity index (χ2n) is 3.00. The van der Waals surface area contributed by atoms with E-state index in [0.29, 0.717) is 0 Å². The summed E-state index contributed by atoms with van der Waals surface area (Å²) in [5.41, 5.74) is -1.07. The lowest BCUT2D eigenvalue weighted by molar-refractivity contribution is -0.140. The average molecular weight is 228 g/mol. The minimum absolute atomic E-state index is 0.237. The molecule has 0 N–H and O–H groups in total. The molecule has 2 amide bonds. The molecule has 16 heavy (non-hydrogen) atoms. The van der Waals surface area contributed by atoms with Gasteiger partial charge in [0, 0.05) is 6.07 Å². The Labute approximate surface area is 86.1 Å². The molecule has 0 atom stereocenters. The molecule has 1 aliphatic rings. The van der Waals surface area contributed by atoms with Gasteiger partial charge in [0.05, 0.1) is 5.56 Å². The highest BCUT2D eigenvalue weighted by atomic mass is 19.4. The third-order valence-electron chi connectivity index (χ3n) is 1.94. The number of fused-ring (bicyclic) bond motifs is 1. The summed E-state index contributed by atoms with van der Waals surface area (Å²) in [6.45, 7) is 0. The molecule has 0 bridgehead atoms. The van der Waals surface area contributed by atoms with E-state index < -0.39 is 28.9 Å². The van der Waals surface area contributed by atoms with Crippen LogP contribution in [-0.2, 0) is 15.8 Å². The van der Waals surface area contributed by atoms with Crippen molar-refractivity contribution in [3.63, 3.8) is 0 Å². The summed E-state index contributed by atoms with van der Waals surface area (Å²) in [5, 5.41) is -0.834. The molecule has 0 aliphatic carbocycles. The van der Waals surface area contributed by atoms with E-state index in [1.54, 1.807) is 0 Å². The van der Waals surface area contributed by atoms with Crippen LogP contribution in [0, 0.1) is 0 Å². The summed E-state index contributed by atoms with van der Waals surface area (Å²) in [4.78, 5) is 28.0. The largest absolute Gasteiger partial charge is 0.543 e. The summed E-state index contributed by atoms with van der Waals surface area (Å²) in [6, 6.07) is 3.07. The van der Waals surface area contributed by atoms with E-state index in [9.17, 15) is 22.8 Å². The third kappa shape index (κ3) is 1.60. The fourth-order valence-corrected chi connectivity index (χ4v) is 1.27. The van der Waals surface area contributed by atoms with E-state index in [1.807, 2.05) is 0 Å². The lowest BCUT2D eigenvalue weighted by Crippen LogP contribution is -2.44. The molecule has 0 fully saturated rings. The van der Waals surface area contributed by atoms with Crippen molar-refractivity contribution in [2.75, 3.05) is 0 Å². The van der Waals surface area contributed by atoms with Crippen LogP contribution >= 0.6 is 0 Å². The number of rotatable bonds is 0. The van der Waals surface area contributed by atoms with E-state index in [1.165, 1.54) is 6.07 Å². The van der Waals surface area contributed by atoms with Crippen LogP contribution in [0.15, 0.2) is 23.2 Å². The molecule has 4 nitrogen and oxygen atoms in total. The van der Waals surface area contributed by atoms with Crippen LogP contribution in [0.4, 0.5) is 13.2 Å². The number of carbonyl (C=O) groups excluding carboxylic acids is 2. The highest BCUT2D eigenvalue weighted by Crippen LogP contribution is 2.25. The van der Waals surface area contributed by atoms with Gasteiger partial charge >= 0.3 is 23.3 Å². The highest BCUT2D eigenvalue weighted by Gasteiger charge is 2.37. The van der Waals surface area contributed by atoms with Crippen LogP contribution < -0.4 is 15.7 Å². The van der Waals surface area contributed by atoms with Crippen molar-refractivity contribution in [3.8, 4) is 0 Å². The quantitative estimate of drug-likeness (QED) is 0.554. The van der Waals surface area contributed by atoms with Gasteiger partial charge in [-0.15, -0.1) is 0 Å². The van der Waals surface area contributed by atoms with E-state index >= 15 is 0 Å². The number of amides is 2. The van der Waals surface area contributed by atoms with Gasteiger partial charge in [-0.1, -0.05) is 6.07 Å². The molecule has 1 radical (unpaired) electrons. The lowest BCUT2D eigenvalue weighted by atomic mass is 10.2. The first-order chi connectivity index (χ1) is 7.39. The summed E-state index contributed by atoms with van der Waals surface area (Å²) in [5.74, 6) is -2.45. The van der Waals surface area contributed by atoms with Gasteiger partial charge in [0.25, 0.3) is 0 Å². The first-order valence-electron chi connectivity index (χ1n) is 4.11. The Morgan fingerprint density at radius 2 is 1.88 bits per heavy atom. The van der Waals surface area contributed by atoms with Gasteiger partial charge in [-0.2, -0.15) is 18.2 Å². The number of para-hydroxylation sites is 1. The number of hydrogen-bond donors (Lipinski definition) is 0. The number of benzene rings is 1. The molecule has 1 heterocycles. The Morgan fingerprint density at radius 1 is 1.19 bits per heavy atom. The molecule has 0 spiro atoms. The van der Waals surface area contributed by atoms with Crippen molar-refractivity contribution in [2.24, 2.45) is 4.99 Å². The molecule has 0 saturated carbocycles. The molecule has 0 saturated heterocycles. The molecular weight excluding hydrogens is 225 g/mol. The summed E-state index contributed by atoms with van der Waals surface area (Å²) in [7, 11) is 0. The molecule has 7 heteroatoms. The van der Waals surface area contributed by atoms with Crippen molar-refractivity contribution in [1.82, 2.24) is 4.99 Å². The standard InChI is InChI=1S/C9H3F3N2O2/c10-9(11,12)4-2-1-3-5-6(4)14-8(16)7(15)13-5/h1-3H/q+1. The maximum atomic E-state index is 12.5. The number of hydrogen-bond acceptors (Lipinski definition) is 2. The molecule has 1 aliphatic heterocycles. The Morgan fingerprint density at radius 3 is 2.50 bits per heavy atom. The van der Waals surface area contributed by atoms with Crippen molar-refractivity contribution < 1.29 is 22.8 Å².